The lowest BCUT2D eigenvalue weighted by Crippen LogP contribution is -2.30. The van der Waals surface area contributed by atoms with Gasteiger partial charge in [0.25, 0.3) is 0 Å². The van der Waals surface area contributed by atoms with Crippen molar-refractivity contribution in [3.8, 4) is 0 Å². The third-order valence-corrected chi connectivity index (χ3v) is 7.72. The van der Waals surface area contributed by atoms with E-state index in [9.17, 15) is 32.5 Å². The monoisotopic (exact) mass is 536 g/mol. The summed E-state index contributed by atoms with van der Waals surface area (Å²) in [5, 5.41) is 9.97. The fourth-order valence-electron chi connectivity index (χ4n) is 2.19. The first-order valence-electron chi connectivity index (χ1n) is 7.28. The van der Waals surface area contributed by atoms with E-state index in [4.69, 9.17) is 31.6 Å². The molecule has 2 heterocycles. The number of alkyl halides is 1. The van der Waals surface area contributed by atoms with Crippen LogP contribution in [0.5, 0.6) is 0 Å². The number of halogens is 2. The molecule has 0 spiro atoms. The predicted octanol–water partition coefficient (Wildman–Crippen LogP) is 1.35. The first-order valence-corrected chi connectivity index (χ1v) is 12.6. The molecule has 0 aliphatic carbocycles. The normalized spacial score (nSPS) is 28.8. The van der Waals surface area contributed by atoms with E-state index in [0.29, 0.717) is 0 Å². The van der Waals surface area contributed by atoms with Crippen molar-refractivity contribution in [2.75, 3.05) is 6.61 Å². The number of aliphatic hydroxyl groups is 1. The van der Waals surface area contributed by atoms with Crippen LogP contribution >= 0.6 is 47.9 Å². The Bertz CT molecular complexity index is 1060. The Morgan fingerprint density at radius 2 is 1.77 bits per heavy atom. The molecular formula is C9H13F2N2O12P3S2. The minimum atomic E-state index is -5.76. The van der Waals surface area contributed by atoms with Crippen molar-refractivity contribution < 1.29 is 65.0 Å². The van der Waals surface area contributed by atoms with Crippen LogP contribution < -0.4 is 0 Å². The Morgan fingerprint density at radius 1 is 1.17 bits per heavy atom. The summed E-state index contributed by atoms with van der Waals surface area (Å²) in [4.78, 5) is 37.5. The van der Waals surface area contributed by atoms with Crippen molar-refractivity contribution >= 4 is 47.9 Å². The molecule has 0 saturated carbocycles. The van der Waals surface area contributed by atoms with Crippen molar-refractivity contribution in [1.82, 2.24) is 9.55 Å². The molecule has 1 aromatic rings. The van der Waals surface area contributed by atoms with Crippen LogP contribution in [0.2, 0.25) is 0 Å². The molecular weight excluding hydrogens is 523 g/mol. The van der Waals surface area contributed by atoms with Gasteiger partial charge in [0, 0.05) is 6.20 Å². The molecule has 2 rings (SSSR count). The standard InChI is InChI=1S/C9H13F2N2O12P3S2/c10-3-1-13(9(30)12-7(3)29)8-6(14)5(11)4(23-8)2-22-27(18,19)25-28(20,21)24-26(15,16)17/h1,4-6,8,14H,2H2,(H,18,19)(H,20,21)(H,12,29,30)(H2,15,16,17)/t4-,5+,6?,8-/m1/s1. The number of nitrogens with zero attached hydrogens (tertiary/aromatic N) is 1. The maximum absolute atomic E-state index is 14.3. The van der Waals surface area contributed by atoms with E-state index in [-0.39, 0.29) is 9.41 Å². The Balaban J connectivity index is 2.09. The fourth-order valence-corrected chi connectivity index (χ4v) is 5.70. The summed E-state index contributed by atoms with van der Waals surface area (Å²) < 4.78 is 77.9. The SMILES string of the molecule is O=P(O)(O)OP(=O)(O)OP(=O)(O)OC[C@H]1O[C@@H](n2cc(F)c(=S)[nH]c2=S)C(O)[C@H]1F. The molecule has 1 fully saturated rings. The van der Waals surface area contributed by atoms with E-state index in [2.05, 4.69) is 30.3 Å². The molecule has 0 aromatic carbocycles. The number of phosphoric ester groups is 1. The van der Waals surface area contributed by atoms with E-state index in [1.165, 1.54) is 0 Å². The quantitative estimate of drug-likeness (QED) is 0.205. The number of hydrogen-bond acceptors (Lipinski definition) is 10. The molecule has 1 aliphatic rings. The molecule has 1 aromatic heterocycles. The summed E-state index contributed by atoms with van der Waals surface area (Å²) in [6.07, 6.45) is -6.87. The summed E-state index contributed by atoms with van der Waals surface area (Å²) in [5.41, 5.74) is 0. The largest absolute Gasteiger partial charge is 0.490 e. The minimum absolute atomic E-state index is 0.244. The van der Waals surface area contributed by atoms with Gasteiger partial charge >= 0.3 is 23.5 Å². The van der Waals surface area contributed by atoms with Crippen molar-refractivity contribution in [3.63, 3.8) is 0 Å². The van der Waals surface area contributed by atoms with E-state index in [1.54, 1.807) is 0 Å². The number of hydrogen-bond donors (Lipinski definition) is 6. The molecule has 3 unspecified atom stereocenters. The van der Waals surface area contributed by atoms with Crippen molar-refractivity contribution in [2.24, 2.45) is 0 Å². The second-order valence-corrected chi connectivity index (χ2v) is 10.7. The van der Waals surface area contributed by atoms with Crippen molar-refractivity contribution in [1.29, 1.82) is 0 Å². The molecule has 6 atom stereocenters. The molecule has 6 N–H and O–H groups in total. The van der Waals surface area contributed by atoms with E-state index >= 15 is 0 Å². The fraction of sp³-hybridized carbons (Fsp3) is 0.556. The molecule has 0 amide bonds. The number of nitrogens with one attached hydrogen (secondary N) is 1. The van der Waals surface area contributed by atoms with Gasteiger partial charge in [-0.25, -0.2) is 22.5 Å². The molecule has 1 aliphatic heterocycles. The van der Waals surface area contributed by atoms with Gasteiger partial charge in [-0.1, -0.05) is 12.2 Å². The molecule has 30 heavy (non-hydrogen) atoms. The molecule has 0 bridgehead atoms. The number of aromatic nitrogens is 2. The lowest BCUT2D eigenvalue weighted by molar-refractivity contribution is -0.0525. The van der Waals surface area contributed by atoms with Gasteiger partial charge in [-0.3, -0.25) is 9.09 Å². The molecule has 1 saturated heterocycles. The molecule has 14 nitrogen and oxygen atoms in total. The molecule has 21 heteroatoms. The number of rotatable bonds is 8. The lowest BCUT2D eigenvalue weighted by atomic mass is 10.1. The summed E-state index contributed by atoms with van der Waals surface area (Å²) >= 11 is 9.51. The van der Waals surface area contributed by atoms with Crippen LogP contribution in [0.25, 0.3) is 0 Å². The third-order valence-electron chi connectivity index (χ3n) is 3.30. The zero-order chi connectivity index (χ0) is 23.1. The van der Waals surface area contributed by atoms with Gasteiger partial charge in [-0.2, -0.15) is 8.62 Å². The van der Waals surface area contributed by atoms with Crippen molar-refractivity contribution in [2.45, 2.75) is 24.6 Å². The molecule has 172 valence electrons. The van der Waals surface area contributed by atoms with Crippen molar-refractivity contribution in [3.05, 3.63) is 21.4 Å². The topological polar surface area (TPSA) is 210 Å². The number of aromatic amines is 1. The third kappa shape index (κ3) is 6.85. The second kappa shape index (κ2) is 9.29. The predicted molar refractivity (Wildman–Crippen MR) is 95.0 cm³/mol. The van der Waals surface area contributed by atoms with E-state index in [1.807, 2.05) is 0 Å². The number of H-pyrrole nitrogens is 1. The summed E-state index contributed by atoms with van der Waals surface area (Å²) in [7, 11) is -16.9. The van der Waals surface area contributed by atoms with Gasteiger partial charge in [-0.05, 0) is 12.2 Å². The number of phosphoric acid groups is 3. The summed E-state index contributed by atoms with van der Waals surface area (Å²) in [6.45, 7) is -1.16. The van der Waals surface area contributed by atoms with Crippen LogP contribution in [-0.4, -0.2) is 59.2 Å². The van der Waals surface area contributed by atoms with Gasteiger partial charge < -0.3 is 34.4 Å². The van der Waals surface area contributed by atoms with Crippen LogP contribution in [0.3, 0.4) is 0 Å². The Hall–Kier alpha value is -0.290. The molecule has 0 radical (unpaired) electrons. The summed E-state index contributed by atoms with van der Waals surface area (Å²) in [5.74, 6) is -0.971. The van der Waals surface area contributed by atoms with E-state index in [0.717, 1.165) is 10.8 Å². The number of ether oxygens (including phenoxy) is 1. The van der Waals surface area contributed by atoms with Crippen LogP contribution in [0.4, 0.5) is 8.78 Å². The smallest absolute Gasteiger partial charge is 0.385 e. The first kappa shape index (κ1) is 26.0. The number of aliphatic hydroxyl groups excluding tert-OH is 1. The second-order valence-electron chi connectivity index (χ2n) is 5.53. The summed E-state index contributed by atoms with van der Waals surface area (Å²) in [6, 6.07) is 0. The highest BCUT2D eigenvalue weighted by molar-refractivity contribution is 7.72. The van der Waals surface area contributed by atoms with Crippen LogP contribution in [0, 0.1) is 15.2 Å². The van der Waals surface area contributed by atoms with Gasteiger partial charge in [0.15, 0.2) is 23.0 Å². The lowest BCUT2D eigenvalue weighted by Gasteiger charge is -2.19. The highest BCUT2D eigenvalue weighted by Crippen LogP contribution is 2.66. The highest BCUT2D eigenvalue weighted by Gasteiger charge is 2.47. The van der Waals surface area contributed by atoms with E-state index < -0.39 is 60.5 Å². The van der Waals surface area contributed by atoms with Gasteiger partial charge in [-0.15, -0.1) is 0 Å². The van der Waals surface area contributed by atoms with Crippen LogP contribution in [0.15, 0.2) is 6.20 Å². The maximum Gasteiger partial charge on any atom is 0.490 e. The Labute approximate surface area is 175 Å². The first-order chi connectivity index (χ1) is 13.5. The average molecular weight is 536 g/mol. The Morgan fingerprint density at radius 3 is 2.33 bits per heavy atom. The highest BCUT2D eigenvalue weighted by atomic mass is 32.1. The zero-order valence-corrected chi connectivity index (χ0v) is 18.4. The maximum atomic E-state index is 14.3. The van der Waals surface area contributed by atoms with Gasteiger partial charge in [0.2, 0.25) is 0 Å². The van der Waals surface area contributed by atoms with Crippen LogP contribution in [-0.2, 0) is 31.6 Å². The zero-order valence-electron chi connectivity index (χ0n) is 14.0. The van der Waals surface area contributed by atoms with Gasteiger partial charge in [0.1, 0.15) is 16.8 Å². The Kier molecular flexibility index (Phi) is 8.04. The average Bonchev–Trinajstić information content (AvgIpc) is 2.81. The minimum Gasteiger partial charge on any atom is -0.385 e. The van der Waals surface area contributed by atoms with Gasteiger partial charge in [0.05, 0.1) is 6.61 Å². The van der Waals surface area contributed by atoms with Crippen LogP contribution in [0.1, 0.15) is 6.23 Å².